The Hall–Kier alpha value is -4.32. The largest absolute Gasteiger partial charge is 0.497 e. The number of anilines is 1. The summed E-state index contributed by atoms with van der Waals surface area (Å²) in [4.78, 5) is 28.3. The number of hydrogen-bond donors (Lipinski definition) is 1. The number of hydrogen-bond acceptors (Lipinski definition) is 7. The van der Waals surface area contributed by atoms with Gasteiger partial charge < -0.3 is 24.4 Å². The van der Waals surface area contributed by atoms with Crippen LogP contribution >= 0.6 is 0 Å². The van der Waals surface area contributed by atoms with E-state index < -0.39 is 34.3 Å². The van der Waals surface area contributed by atoms with Crippen LogP contribution in [0, 0.1) is 5.82 Å². The van der Waals surface area contributed by atoms with Crippen LogP contribution in [0.25, 0.3) is 0 Å². The van der Waals surface area contributed by atoms with Gasteiger partial charge in [-0.05, 0) is 67.4 Å². The monoisotopic (exact) mass is 615 g/mol. The minimum atomic E-state index is -4.39. The van der Waals surface area contributed by atoms with E-state index in [1.807, 2.05) is 6.92 Å². The van der Waals surface area contributed by atoms with Gasteiger partial charge in [0.2, 0.25) is 11.8 Å². The summed E-state index contributed by atoms with van der Waals surface area (Å²) in [6, 6.07) is 14.9. The summed E-state index contributed by atoms with van der Waals surface area (Å²) < 4.78 is 58.6. The Morgan fingerprint density at radius 2 is 1.63 bits per heavy atom. The molecule has 1 N–H and O–H groups in total. The SMILES string of the molecule is CCCCNC(=O)C(C)N(Cc1cccc(OC)c1)C(=O)CN(c1ccc(F)cc1)S(=O)(=O)c1ccc(OC)c(OC)c1. The molecule has 0 aliphatic carbocycles. The first-order valence-corrected chi connectivity index (χ1v) is 15.2. The molecule has 0 aromatic heterocycles. The Bertz CT molecular complexity index is 1500. The molecule has 0 aliphatic rings. The van der Waals surface area contributed by atoms with Crippen LogP contribution in [0.5, 0.6) is 17.2 Å². The smallest absolute Gasteiger partial charge is 0.264 e. The van der Waals surface area contributed by atoms with Crippen molar-refractivity contribution in [3.05, 3.63) is 78.1 Å². The third-order valence-electron chi connectivity index (χ3n) is 6.82. The summed E-state index contributed by atoms with van der Waals surface area (Å²) in [5.74, 6) is -0.538. The molecule has 1 atom stereocenters. The number of methoxy groups -OCH3 is 3. The second-order valence-corrected chi connectivity index (χ2v) is 11.6. The van der Waals surface area contributed by atoms with Gasteiger partial charge in [0.1, 0.15) is 24.2 Å². The summed E-state index contributed by atoms with van der Waals surface area (Å²) >= 11 is 0. The molecule has 0 saturated heterocycles. The standard InChI is InChI=1S/C31H38FN3O7S/c1-6-7-17-33-31(37)22(2)34(20-23-9-8-10-26(18-23)40-3)30(36)21-35(25-13-11-24(32)12-14-25)43(38,39)27-15-16-28(41-4)29(19-27)42-5/h8-16,18-19,22H,6-7,17,20-21H2,1-5H3,(H,33,37). The highest BCUT2D eigenvalue weighted by molar-refractivity contribution is 7.92. The van der Waals surface area contributed by atoms with E-state index in [2.05, 4.69) is 5.32 Å². The molecule has 0 radical (unpaired) electrons. The lowest BCUT2D eigenvalue weighted by Gasteiger charge is -2.32. The van der Waals surface area contributed by atoms with Gasteiger partial charge in [0.05, 0.1) is 31.9 Å². The number of nitrogens with one attached hydrogen (secondary N) is 1. The lowest BCUT2D eigenvalue weighted by molar-refractivity contribution is -0.139. The molecule has 10 nitrogen and oxygen atoms in total. The maximum Gasteiger partial charge on any atom is 0.264 e. The van der Waals surface area contributed by atoms with E-state index in [4.69, 9.17) is 14.2 Å². The summed E-state index contributed by atoms with van der Waals surface area (Å²) in [6.45, 7) is 3.36. The zero-order valence-corrected chi connectivity index (χ0v) is 25.8. The van der Waals surface area contributed by atoms with E-state index in [1.165, 1.54) is 56.6 Å². The molecular weight excluding hydrogens is 577 g/mol. The van der Waals surface area contributed by atoms with Crippen molar-refractivity contribution in [2.75, 3.05) is 38.7 Å². The number of carbonyl (C=O) groups is 2. The number of benzene rings is 3. The van der Waals surface area contributed by atoms with Crippen molar-refractivity contribution in [3.8, 4) is 17.2 Å². The zero-order chi connectivity index (χ0) is 31.6. The van der Waals surface area contributed by atoms with Crippen LogP contribution in [-0.4, -0.2) is 65.6 Å². The van der Waals surface area contributed by atoms with Crippen LogP contribution in [0.1, 0.15) is 32.3 Å². The molecule has 12 heteroatoms. The molecule has 0 aliphatic heterocycles. The first-order valence-electron chi connectivity index (χ1n) is 13.8. The number of amides is 2. The van der Waals surface area contributed by atoms with E-state index in [1.54, 1.807) is 31.2 Å². The molecule has 0 heterocycles. The van der Waals surface area contributed by atoms with Gasteiger partial charge in [-0.15, -0.1) is 0 Å². The molecule has 232 valence electrons. The molecule has 0 fully saturated rings. The fourth-order valence-electron chi connectivity index (χ4n) is 4.33. The predicted octanol–water partition coefficient (Wildman–Crippen LogP) is 4.38. The highest BCUT2D eigenvalue weighted by Crippen LogP contribution is 2.32. The van der Waals surface area contributed by atoms with Crippen LogP contribution in [0.2, 0.25) is 0 Å². The average Bonchev–Trinajstić information content (AvgIpc) is 3.02. The van der Waals surface area contributed by atoms with Crippen molar-refractivity contribution < 1.29 is 36.6 Å². The molecule has 3 aromatic carbocycles. The second-order valence-electron chi connectivity index (χ2n) is 9.70. The molecule has 2 amide bonds. The summed E-state index contributed by atoms with van der Waals surface area (Å²) in [7, 11) is -0.0771. The number of halogens is 1. The highest BCUT2D eigenvalue weighted by atomic mass is 32.2. The van der Waals surface area contributed by atoms with Gasteiger partial charge in [0.15, 0.2) is 11.5 Å². The lowest BCUT2D eigenvalue weighted by atomic mass is 10.1. The molecular formula is C31H38FN3O7S. The fraction of sp³-hybridized carbons (Fsp3) is 0.355. The van der Waals surface area contributed by atoms with Crippen LogP contribution in [0.3, 0.4) is 0 Å². The van der Waals surface area contributed by atoms with Gasteiger partial charge in [-0.25, -0.2) is 12.8 Å². The molecule has 0 spiro atoms. The number of rotatable bonds is 15. The van der Waals surface area contributed by atoms with Crippen LogP contribution < -0.4 is 23.8 Å². The number of carbonyl (C=O) groups excluding carboxylic acids is 2. The van der Waals surface area contributed by atoms with E-state index in [0.717, 1.165) is 29.3 Å². The minimum absolute atomic E-state index is 0.00601. The van der Waals surface area contributed by atoms with E-state index in [0.29, 0.717) is 23.6 Å². The van der Waals surface area contributed by atoms with Crippen molar-refractivity contribution in [2.24, 2.45) is 0 Å². The van der Waals surface area contributed by atoms with Crippen molar-refractivity contribution in [3.63, 3.8) is 0 Å². The molecule has 3 rings (SSSR count). The Morgan fingerprint density at radius 3 is 2.26 bits per heavy atom. The maximum atomic E-state index is 14.0. The van der Waals surface area contributed by atoms with Gasteiger partial charge in [0, 0.05) is 19.2 Å². The fourth-order valence-corrected chi connectivity index (χ4v) is 5.76. The molecule has 43 heavy (non-hydrogen) atoms. The second kappa shape index (κ2) is 15.2. The summed E-state index contributed by atoms with van der Waals surface area (Å²) in [5, 5.41) is 2.84. The number of sulfonamides is 1. The molecule has 0 bridgehead atoms. The van der Waals surface area contributed by atoms with Crippen molar-refractivity contribution >= 4 is 27.5 Å². The van der Waals surface area contributed by atoms with E-state index in [-0.39, 0.29) is 28.8 Å². The summed E-state index contributed by atoms with van der Waals surface area (Å²) in [6.07, 6.45) is 1.64. The Balaban J connectivity index is 2.05. The van der Waals surface area contributed by atoms with E-state index >= 15 is 0 Å². The predicted molar refractivity (Wildman–Crippen MR) is 161 cm³/mol. The van der Waals surface area contributed by atoms with Crippen LogP contribution in [0.4, 0.5) is 10.1 Å². The average molecular weight is 616 g/mol. The van der Waals surface area contributed by atoms with E-state index in [9.17, 15) is 22.4 Å². The topological polar surface area (TPSA) is 114 Å². The van der Waals surface area contributed by atoms with Gasteiger partial charge in [-0.2, -0.15) is 0 Å². The first kappa shape index (κ1) is 33.2. The first-order chi connectivity index (χ1) is 20.5. The third-order valence-corrected chi connectivity index (χ3v) is 8.59. The van der Waals surface area contributed by atoms with Crippen LogP contribution in [-0.2, 0) is 26.2 Å². The van der Waals surface area contributed by atoms with Crippen molar-refractivity contribution in [1.82, 2.24) is 10.2 Å². The zero-order valence-electron chi connectivity index (χ0n) is 25.0. The number of ether oxygens (including phenoxy) is 3. The third kappa shape index (κ3) is 8.38. The van der Waals surface area contributed by atoms with Gasteiger partial charge >= 0.3 is 0 Å². The lowest BCUT2D eigenvalue weighted by Crippen LogP contribution is -2.51. The quantitative estimate of drug-likeness (QED) is 0.253. The van der Waals surface area contributed by atoms with Crippen molar-refractivity contribution in [1.29, 1.82) is 0 Å². The minimum Gasteiger partial charge on any atom is -0.497 e. The number of unbranched alkanes of at least 4 members (excludes halogenated alkanes) is 1. The van der Waals surface area contributed by atoms with Crippen molar-refractivity contribution in [2.45, 2.75) is 44.2 Å². The summed E-state index contributed by atoms with van der Waals surface area (Å²) in [5.41, 5.74) is 0.739. The van der Waals surface area contributed by atoms with Gasteiger partial charge in [-0.3, -0.25) is 13.9 Å². The highest BCUT2D eigenvalue weighted by Gasteiger charge is 2.33. The Morgan fingerprint density at radius 1 is 0.930 bits per heavy atom. The Labute approximate surface area is 252 Å². The normalized spacial score (nSPS) is 11.8. The molecule has 1 unspecified atom stereocenters. The molecule has 3 aromatic rings. The number of nitrogens with zero attached hydrogens (tertiary/aromatic N) is 2. The van der Waals surface area contributed by atoms with Gasteiger partial charge in [-0.1, -0.05) is 25.5 Å². The Kier molecular flexibility index (Phi) is 11.8. The van der Waals surface area contributed by atoms with Crippen LogP contribution in [0.15, 0.2) is 71.6 Å². The maximum absolute atomic E-state index is 14.0. The molecule has 0 saturated carbocycles. The van der Waals surface area contributed by atoms with Gasteiger partial charge in [0.25, 0.3) is 10.0 Å².